The number of anilines is 1. The minimum absolute atomic E-state index is 0.185. The fraction of sp³-hybridized carbons (Fsp3) is 0.381. The molecule has 3 rings (SSSR count). The molecular weight excluding hydrogens is 326 g/mol. The SMILES string of the molecule is COc1ccc(C[NH+]2CC[NH+](CC(=O)N(C)c3ccccc3)CC2)cc1. The van der Waals surface area contributed by atoms with E-state index in [1.807, 2.05) is 49.5 Å². The third kappa shape index (κ3) is 4.84. The highest BCUT2D eigenvalue weighted by atomic mass is 16.5. The molecule has 1 aliphatic rings. The number of likely N-dealkylation sites (N-methyl/N-ethyl adjacent to an activating group) is 1. The lowest BCUT2D eigenvalue weighted by Crippen LogP contribution is -3.28. The minimum atomic E-state index is 0.185. The largest absolute Gasteiger partial charge is 0.497 e. The number of piperazine rings is 1. The van der Waals surface area contributed by atoms with Crippen LogP contribution in [-0.2, 0) is 11.3 Å². The molecule has 0 spiro atoms. The standard InChI is InChI=1S/C21H27N3O2/c1-22(19-6-4-3-5-7-19)21(25)17-24-14-12-23(13-15-24)16-18-8-10-20(26-2)11-9-18/h3-11H,12-17H2,1-2H3/p+2. The van der Waals surface area contributed by atoms with E-state index in [1.165, 1.54) is 10.5 Å². The molecule has 1 amide bonds. The average molecular weight is 355 g/mol. The Morgan fingerprint density at radius 1 is 0.962 bits per heavy atom. The summed E-state index contributed by atoms with van der Waals surface area (Å²) in [5, 5.41) is 0. The number of carbonyl (C=O) groups is 1. The molecule has 0 aliphatic carbocycles. The number of nitrogens with zero attached hydrogens (tertiary/aromatic N) is 1. The number of benzene rings is 2. The maximum absolute atomic E-state index is 12.5. The van der Waals surface area contributed by atoms with Gasteiger partial charge < -0.3 is 19.4 Å². The topological polar surface area (TPSA) is 38.4 Å². The van der Waals surface area contributed by atoms with Crippen LogP contribution in [0.5, 0.6) is 5.75 Å². The van der Waals surface area contributed by atoms with E-state index in [0.29, 0.717) is 6.54 Å². The zero-order chi connectivity index (χ0) is 18.4. The van der Waals surface area contributed by atoms with Crippen molar-refractivity contribution in [2.45, 2.75) is 6.54 Å². The van der Waals surface area contributed by atoms with Crippen LogP contribution in [0.25, 0.3) is 0 Å². The highest BCUT2D eigenvalue weighted by molar-refractivity contribution is 5.93. The normalized spacial score (nSPS) is 19.8. The monoisotopic (exact) mass is 355 g/mol. The zero-order valence-corrected chi connectivity index (χ0v) is 15.7. The first-order chi connectivity index (χ1) is 12.7. The number of nitrogens with one attached hydrogen (secondary N) is 2. The Labute approximate surface area is 155 Å². The molecule has 5 heteroatoms. The van der Waals surface area contributed by atoms with Crippen molar-refractivity contribution in [1.82, 2.24) is 0 Å². The summed E-state index contributed by atoms with van der Waals surface area (Å²) in [6.45, 7) is 5.89. The number of para-hydroxylation sites is 1. The van der Waals surface area contributed by atoms with Gasteiger partial charge in [0.2, 0.25) is 0 Å². The molecule has 1 aliphatic heterocycles. The number of carbonyl (C=O) groups excluding carboxylic acids is 1. The van der Waals surface area contributed by atoms with Crippen molar-refractivity contribution in [1.29, 1.82) is 0 Å². The van der Waals surface area contributed by atoms with Crippen molar-refractivity contribution in [2.24, 2.45) is 0 Å². The Bertz CT molecular complexity index is 695. The van der Waals surface area contributed by atoms with Crippen molar-refractivity contribution in [3.63, 3.8) is 0 Å². The van der Waals surface area contributed by atoms with E-state index in [-0.39, 0.29) is 5.91 Å². The van der Waals surface area contributed by atoms with Crippen LogP contribution in [0.15, 0.2) is 54.6 Å². The highest BCUT2D eigenvalue weighted by Gasteiger charge is 2.26. The molecule has 5 nitrogen and oxygen atoms in total. The van der Waals surface area contributed by atoms with E-state index < -0.39 is 0 Å². The molecule has 1 saturated heterocycles. The van der Waals surface area contributed by atoms with Crippen LogP contribution in [0.2, 0.25) is 0 Å². The van der Waals surface area contributed by atoms with Crippen molar-refractivity contribution >= 4 is 11.6 Å². The van der Waals surface area contributed by atoms with E-state index in [0.717, 1.165) is 44.2 Å². The Morgan fingerprint density at radius 3 is 2.19 bits per heavy atom. The summed E-state index contributed by atoms with van der Waals surface area (Å²) in [6, 6.07) is 18.2. The van der Waals surface area contributed by atoms with Crippen LogP contribution in [0.1, 0.15) is 5.56 Å². The van der Waals surface area contributed by atoms with Gasteiger partial charge in [-0.2, -0.15) is 0 Å². The van der Waals surface area contributed by atoms with Gasteiger partial charge in [0.05, 0.1) is 7.11 Å². The maximum atomic E-state index is 12.5. The smallest absolute Gasteiger partial charge is 0.281 e. The first-order valence-electron chi connectivity index (χ1n) is 9.27. The number of hydrogen-bond acceptors (Lipinski definition) is 2. The summed E-state index contributed by atoms with van der Waals surface area (Å²) in [6.07, 6.45) is 0. The Kier molecular flexibility index (Phi) is 6.26. The van der Waals surface area contributed by atoms with Crippen molar-refractivity contribution in [3.05, 3.63) is 60.2 Å². The number of rotatable bonds is 6. The predicted molar refractivity (Wildman–Crippen MR) is 103 cm³/mol. The molecule has 0 bridgehead atoms. The van der Waals surface area contributed by atoms with E-state index in [9.17, 15) is 4.79 Å². The minimum Gasteiger partial charge on any atom is -0.497 e. The van der Waals surface area contributed by atoms with Crippen molar-refractivity contribution in [2.75, 3.05) is 51.8 Å². The molecule has 1 fully saturated rings. The second kappa shape index (κ2) is 8.83. The predicted octanol–water partition coefficient (Wildman–Crippen LogP) is -0.358. The molecule has 1 heterocycles. The summed E-state index contributed by atoms with van der Waals surface area (Å²) in [7, 11) is 3.56. The first kappa shape index (κ1) is 18.4. The molecule has 2 aromatic rings. The second-order valence-corrected chi connectivity index (χ2v) is 6.99. The van der Waals surface area contributed by atoms with Crippen LogP contribution < -0.4 is 19.4 Å². The third-order valence-corrected chi connectivity index (χ3v) is 5.20. The fourth-order valence-corrected chi connectivity index (χ4v) is 3.47. The van der Waals surface area contributed by atoms with Gasteiger partial charge in [-0.05, 0) is 36.4 Å². The molecule has 0 saturated carbocycles. The Hall–Kier alpha value is -2.37. The molecule has 0 atom stereocenters. The van der Waals surface area contributed by atoms with Crippen LogP contribution in [0.4, 0.5) is 5.69 Å². The number of ether oxygens (including phenoxy) is 1. The van der Waals surface area contributed by atoms with Gasteiger partial charge in [0.25, 0.3) is 5.91 Å². The van der Waals surface area contributed by atoms with Gasteiger partial charge in [0, 0.05) is 18.3 Å². The lowest BCUT2D eigenvalue weighted by atomic mass is 10.2. The van der Waals surface area contributed by atoms with Gasteiger partial charge >= 0.3 is 0 Å². The summed E-state index contributed by atoms with van der Waals surface area (Å²) in [5.41, 5.74) is 2.30. The fourth-order valence-electron chi connectivity index (χ4n) is 3.47. The number of methoxy groups -OCH3 is 1. The molecule has 2 N–H and O–H groups in total. The van der Waals surface area contributed by atoms with E-state index >= 15 is 0 Å². The summed E-state index contributed by atoms with van der Waals surface area (Å²) in [5.74, 6) is 1.09. The van der Waals surface area contributed by atoms with Crippen LogP contribution in [0.3, 0.4) is 0 Å². The summed E-state index contributed by atoms with van der Waals surface area (Å²) < 4.78 is 5.22. The Morgan fingerprint density at radius 2 is 1.58 bits per heavy atom. The zero-order valence-electron chi connectivity index (χ0n) is 15.7. The Balaban J connectivity index is 1.45. The molecule has 138 valence electrons. The third-order valence-electron chi connectivity index (χ3n) is 5.20. The molecule has 0 aromatic heterocycles. The van der Waals surface area contributed by atoms with E-state index in [4.69, 9.17) is 4.74 Å². The molecule has 2 aromatic carbocycles. The van der Waals surface area contributed by atoms with Crippen LogP contribution in [0, 0.1) is 0 Å². The molecule has 0 unspecified atom stereocenters. The number of amides is 1. The van der Waals surface area contributed by atoms with Gasteiger partial charge in [-0.15, -0.1) is 0 Å². The lowest BCUT2D eigenvalue weighted by Gasteiger charge is -2.30. The van der Waals surface area contributed by atoms with Gasteiger partial charge in [0.15, 0.2) is 6.54 Å². The van der Waals surface area contributed by atoms with Crippen LogP contribution in [-0.4, -0.2) is 52.8 Å². The second-order valence-electron chi connectivity index (χ2n) is 6.99. The molecule has 26 heavy (non-hydrogen) atoms. The van der Waals surface area contributed by atoms with Crippen molar-refractivity contribution in [3.8, 4) is 5.75 Å². The van der Waals surface area contributed by atoms with Gasteiger partial charge in [-0.1, -0.05) is 18.2 Å². The van der Waals surface area contributed by atoms with Gasteiger partial charge in [-0.25, -0.2) is 0 Å². The molecular formula is C21H29N3O2+2. The number of hydrogen-bond donors (Lipinski definition) is 2. The summed E-state index contributed by atoms with van der Waals surface area (Å²) >= 11 is 0. The maximum Gasteiger partial charge on any atom is 0.281 e. The van der Waals surface area contributed by atoms with Crippen LogP contribution >= 0.6 is 0 Å². The summed E-state index contributed by atoms with van der Waals surface area (Å²) in [4.78, 5) is 17.3. The van der Waals surface area contributed by atoms with Crippen molar-refractivity contribution < 1.29 is 19.3 Å². The average Bonchev–Trinajstić information content (AvgIpc) is 2.70. The first-order valence-corrected chi connectivity index (χ1v) is 9.27. The highest BCUT2D eigenvalue weighted by Crippen LogP contribution is 2.11. The van der Waals surface area contributed by atoms with Gasteiger partial charge in [-0.3, -0.25) is 4.79 Å². The number of quaternary nitrogens is 2. The van der Waals surface area contributed by atoms with E-state index in [1.54, 1.807) is 16.9 Å². The van der Waals surface area contributed by atoms with E-state index in [2.05, 4.69) is 12.1 Å². The van der Waals surface area contributed by atoms with Gasteiger partial charge in [0.1, 0.15) is 38.5 Å². The lowest BCUT2D eigenvalue weighted by molar-refractivity contribution is -1.02. The quantitative estimate of drug-likeness (QED) is 0.743. The molecule has 0 radical (unpaired) electrons.